The monoisotopic (exact) mass is 315 g/mol. The second-order valence-electron chi connectivity index (χ2n) is 5.65. The van der Waals surface area contributed by atoms with E-state index in [1.165, 1.54) is 0 Å². The van der Waals surface area contributed by atoms with Crippen molar-refractivity contribution in [2.45, 2.75) is 62.3 Å². The van der Waals surface area contributed by atoms with Gasteiger partial charge in [0.05, 0.1) is 4.90 Å². The minimum Gasteiger partial charge on any atom is -0.207 e. The first-order valence-electron chi connectivity index (χ1n) is 7.14. The molecule has 1 saturated carbocycles. The van der Waals surface area contributed by atoms with E-state index in [4.69, 9.17) is 11.6 Å². The van der Waals surface area contributed by atoms with E-state index < -0.39 is 10.0 Å². The summed E-state index contributed by atoms with van der Waals surface area (Å²) in [4.78, 5) is 0.366. The van der Waals surface area contributed by atoms with Gasteiger partial charge in [0.15, 0.2) is 0 Å². The van der Waals surface area contributed by atoms with Crippen LogP contribution in [0.25, 0.3) is 0 Å². The molecular weight excluding hydrogens is 294 g/mol. The number of nitrogens with one attached hydrogen (secondary N) is 1. The van der Waals surface area contributed by atoms with Gasteiger partial charge in [-0.3, -0.25) is 0 Å². The number of halogens is 1. The Hall–Kier alpha value is -0.580. The van der Waals surface area contributed by atoms with E-state index in [1.807, 2.05) is 26.0 Å². The maximum atomic E-state index is 12.6. The molecule has 112 valence electrons. The number of aryl methyl sites for hydroxylation is 2. The van der Waals surface area contributed by atoms with Crippen molar-refractivity contribution >= 4 is 21.6 Å². The lowest BCUT2D eigenvalue weighted by molar-refractivity contribution is 0.514. The smallest absolute Gasteiger partial charge is 0.207 e. The summed E-state index contributed by atoms with van der Waals surface area (Å²) >= 11 is 6.32. The molecule has 2 atom stereocenters. The van der Waals surface area contributed by atoms with Gasteiger partial charge in [-0.1, -0.05) is 31.4 Å². The Morgan fingerprint density at radius 2 is 1.85 bits per heavy atom. The van der Waals surface area contributed by atoms with Crippen molar-refractivity contribution in [3.63, 3.8) is 0 Å². The van der Waals surface area contributed by atoms with E-state index in [9.17, 15) is 8.42 Å². The normalized spacial score (nSPS) is 24.4. The predicted molar refractivity (Wildman–Crippen MR) is 82.8 cm³/mol. The third kappa shape index (κ3) is 3.74. The molecule has 0 spiro atoms. The molecule has 1 aromatic carbocycles. The highest BCUT2D eigenvalue weighted by Gasteiger charge is 2.27. The van der Waals surface area contributed by atoms with Crippen molar-refractivity contribution in [2.75, 3.05) is 0 Å². The third-order valence-electron chi connectivity index (χ3n) is 3.87. The zero-order valence-electron chi connectivity index (χ0n) is 12.0. The van der Waals surface area contributed by atoms with Crippen LogP contribution in [0.3, 0.4) is 0 Å². The summed E-state index contributed by atoms with van der Waals surface area (Å²) in [7, 11) is -3.50. The summed E-state index contributed by atoms with van der Waals surface area (Å²) in [5, 5.41) is -0.114. The van der Waals surface area contributed by atoms with E-state index in [2.05, 4.69) is 4.72 Å². The Balaban J connectivity index is 2.24. The minimum atomic E-state index is -3.50. The van der Waals surface area contributed by atoms with E-state index in [1.54, 1.807) is 6.07 Å². The van der Waals surface area contributed by atoms with Crippen molar-refractivity contribution in [3.05, 3.63) is 29.3 Å². The molecule has 1 aromatic rings. The lowest BCUT2D eigenvalue weighted by atomic mass is 10.1. The zero-order chi connectivity index (χ0) is 14.8. The molecule has 5 heteroatoms. The van der Waals surface area contributed by atoms with Gasteiger partial charge in [0.25, 0.3) is 0 Å². The van der Waals surface area contributed by atoms with Crippen molar-refractivity contribution in [1.82, 2.24) is 4.72 Å². The summed E-state index contributed by atoms with van der Waals surface area (Å²) in [6, 6.07) is 5.32. The number of rotatable bonds is 3. The summed E-state index contributed by atoms with van der Waals surface area (Å²) in [5.41, 5.74) is 1.71. The topological polar surface area (TPSA) is 46.2 Å². The van der Waals surface area contributed by atoms with Crippen LogP contribution in [-0.2, 0) is 10.0 Å². The average Bonchev–Trinajstić information content (AvgIpc) is 2.57. The second kappa shape index (κ2) is 6.46. The first-order chi connectivity index (χ1) is 9.40. The van der Waals surface area contributed by atoms with Crippen molar-refractivity contribution in [2.24, 2.45) is 0 Å². The molecule has 2 rings (SSSR count). The van der Waals surface area contributed by atoms with Gasteiger partial charge in [-0.25, -0.2) is 13.1 Å². The van der Waals surface area contributed by atoms with Crippen molar-refractivity contribution in [3.8, 4) is 0 Å². The van der Waals surface area contributed by atoms with Gasteiger partial charge < -0.3 is 0 Å². The lowest BCUT2D eigenvalue weighted by Crippen LogP contribution is -2.40. The summed E-state index contributed by atoms with van der Waals surface area (Å²) in [5.74, 6) is 0. The van der Waals surface area contributed by atoms with Gasteiger partial charge in [0.1, 0.15) is 0 Å². The molecule has 0 bridgehead atoms. The number of hydrogen-bond donors (Lipinski definition) is 1. The highest BCUT2D eigenvalue weighted by molar-refractivity contribution is 7.89. The Kier molecular flexibility index (Phi) is 5.10. The molecule has 0 amide bonds. The molecular formula is C15H22ClNO2S. The second-order valence-corrected chi connectivity index (χ2v) is 7.89. The van der Waals surface area contributed by atoms with E-state index in [0.29, 0.717) is 4.90 Å². The number of benzene rings is 1. The fourth-order valence-corrected chi connectivity index (χ4v) is 4.71. The maximum Gasteiger partial charge on any atom is 0.241 e. The van der Waals surface area contributed by atoms with Crippen molar-refractivity contribution < 1.29 is 8.42 Å². The van der Waals surface area contributed by atoms with Crippen LogP contribution in [0.1, 0.15) is 43.2 Å². The summed E-state index contributed by atoms with van der Waals surface area (Å²) in [6.45, 7) is 3.72. The highest BCUT2D eigenvalue weighted by atomic mass is 35.5. The molecule has 2 unspecified atom stereocenters. The van der Waals surface area contributed by atoms with Crippen LogP contribution < -0.4 is 4.72 Å². The van der Waals surface area contributed by atoms with Gasteiger partial charge >= 0.3 is 0 Å². The zero-order valence-corrected chi connectivity index (χ0v) is 13.6. The quantitative estimate of drug-likeness (QED) is 0.685. The maximum absolute atomic E-state index is 12.6. The Morgan fingerprint density at radius 3 is 2.60 bits per heavy atom. The molecule has 0 radical (unpaired) electrons. The molecule has 0 heterocycles. The van der Waals surface area contributed by atoms with E-state index in [0.717, 1.165) is 43.2 Å². The van der Waals surface area contributed by atoms with Crippen LogP contribution in [0.4, 0.5) is 0 Å². The van der Waals surface area contributed by atoms with Gasteiger partial charge in [-0.05, 0) is 43.9 Å². The molecule has 20 heavy (non-hydrogen) atoms. The predicted octanol–water partition coefficient (Wildman–Crippen LogP) is 3.52. The van der Waals surface area contributed by atoms with Crippen LogP contribution in [0.5, 0.6) is 0 Å². The third-order valence-corrected chi connectivity index (χ3v) is 6.03. The molecule has 3 nitrogen and oxygen atoms in total. The Morgan fingerprint density at radius 1 is 1.15 bits per heavy atom. The van der Waals surface area contributed by atoms with Gasteiger partial charge in [0.2, 0.25) is 10.0 Å². The molecule has 1 fully saturated rings. The van der Waals surface area contributed by atoms with Crippen molar-refractivity contribution in [1.29, 1.82) is 0 Å². The molecule has 0 aliphatic heterocycles. The van der Waals surface area contributed by atoms with Gasteiger partial charge in [0, 0.05) is 11.4 Å². The number of hydrogen-bond acceptors (Lipinski definition) is 2. The number of sulfonamides is 1. The first kappa shape index (κ1) is 15.8. The standard InChI is InChI=1S/C15H22ClNO2S/c1-11-8-9-12(2)15(10-11)20(18,19)17-14-7-5-3-4-6-13(14)16/h8-10,13-14,17H,3-7H2,1-2H3. The van der Waals surface area contributed by atoms with Gasteiger partial charge in [-0.15, -0.1) is 11.6 Å². The van der Waals surface area contributed by atoms with Crippen LogP contribution in [0, 0.1) is 13.8 Å². The lowest BCUT2D eigenvalue weighted by Gasteiger charge is -2.21. The van der Waals surface area contributed by atoms with Crippen LogP contribution in [-0.4, -0.2) is 19.8 Å². The van der Waals surface area contributed by atoms with E-state index in [-0.39, 0.29) is 11.4 Å². The highest BCUT2D eigenvalue weighted by Crippen LogP contribution is 2.25. The fraction of sp³-hybridized carbons (Fsp3) is 0.600. The fourth-order valence-electron chi connectivity index (χ4n) is 2.65. The summed E-state index contributed by atoms with van der Waals surface area (Å²) in [6.07, 6.45) is 4.93. The van der Waals surface area contributed by atoms with Crippen LogP contribution in [0.2, 0.25) is 0 Å². The molecule has 1 aliphatic carbocycles. The van der Waals surface area contributed by atoms with E-state index >= 15 is 0 Å². The average molecular weight is 316 g/mol. The molecule has 1 N–H and O–H groups in total. The first-order valence-corrected chi connectivity index (χ1v) is 9.06. The van der Waals surface area contributed by atoms with Gasteiger partial charge in [-0.2, -0.15) is 0 Å². The molecule has 0 aromatic heterocycles. The molecule has 0 saturated heterocycles. The Bertz CT molecular complexity index is 571. The largest absolute Gasteiger partial charge is 0.241 e. The van der Waals surface area contributed by atoms with Crippen LogP contribution >= 0.6 is 11.6 Å². The number of alkyl halides is 1. The minimum absolute atomic E-state index is 0.114. The SMILES string of the molecule is Cc1ccc(C)c(S(=O)(=O)NC2CCCCCC2Cl)c1. The molecule has 1 aliphatic rings. The summed E-state index contributed by atoms with van der Waals surface area (Å²) < 4.78 is 27.9. The Labute approximate surface area is 126 Å². The van der Waals surface area contributed by atoms with Crippen LogP contribution in [0.15, 0.2) is 23.1 Å².